The Kier molecular flexibility index (Phi) is 4.32. The highest BCUT2D eigenvalue weighted by molar-refractivity contribution is 5.39. The van der Waals surface area contributed by atoms with Gasteiger partial charge in [-0.1, -0.05) is 19.9 Å². The van der Waals surface area contributed by atoms with Gasteiger partial charge in [0.1, 0.15) is 11.6 Å². The summed E-state index contributed by atoms with van der Waals surface area (Å²) in [6.07, 6.45) is 0. The fourth-order valence-electron chi connectivity index (χ4n) is 2.15. The molecule has 106 valence electrons. The van der Waals surface area contributed by atoms with Crippen molar-refractivity contribution in [3.8, 4) is 0 Å². The molecule has 2 aromatic rings. The van der Waals surface area contributed by atoms with Crippen molar-refractivity contribution >= 4 is 5.82 Å². The Morgan fingerprint density at radius 1 is 1.05 bits per heavy atom. The van der Waals surface area contributed by atoms with Gasteiger partial charge in [0.15, 0.2) is 0 Å². The van der Waals surface area contributed by atoms with E-state index in [1.54, 1.807) is 12.1 Å². The molecule has 20 heavy (non-hydrogen) atoms. The molecule has 0 saturated carbocycles. The monoisotopic (exact) mass is 273 g/mol. The zero-order valence-electron chi connectivity index (χ0n) is 12.3. The van der Waals surface area contributed by atoms with E-state index in [1.165, 1.54) is 6.07 Å². The summed E-state index contributed by atoms with van der Waals surface area (Å²) in [6.45, 7) is 8.10. The van der Waals surface area contributed by atoms with E-state index < -0.39 is 0 Å². The van der Waals surface area contributed by atoms with Crippen molar-refractivity contribution in [1.29, 1.82) is 0 Å². The van der Waals surface area contributed by atoms with E-state index in [2.05, 4.69) is 29.4 Å². The summed E-state index contributed by atoms with van der Waals surface area (Å²) in [7, 11) is 0. The maximum absolute atomic E-state index is 13.1. The van der Waals surface area contributed by atoms with Crippen LogP contribution in [0.25, 0.3) is 0 Å². The first-order valence-electron chi connectivity index (χ1n) is 6.83. The van der Waals surface area contributed by atoms with E-state index in [9.17, 15) is 4.39 Å². The number of nitrogens with one attached hydrogen (secondary N) is 1. The highest BCUT2D eigenvalue weighted by Gasteiger charge is 2.10. The predicted octanol–water partition coefficient (Wildman–Crippen LogP) is 4.22. The molecule has 1 heterocycles. The Labute approximate surface area is 119 Å². The molecule has 0 radical (unpaired) electrons. The van der Waals surface area contributed by atoms with Gasteiger partial charge < -0.3 is 5.32 Å². The van der Waals surface area contributed by atoms with Gasteiger partial charge in [-0.05, 0) is 55.2 Å². The van der Waals surface area contributed by atoms with Gasteiger partial charge in [0.05, 0.1) is 11.7 Å². The van der Waals surface area contributed by atoms with Crippen molar-refractivity contribution in [2.75, 3.05) is 5.32 Å². The second kappa shape index (κ2) is 5.99. The largest absolute Gasteiger partial charge is 0.362 e. The van der Waals surface area contributed by atoms with Gasteiger partial charge in [0.25, 0.3) is 0 Å². The fourth-order valence-corrected chi connectivity index (χ4v) is 2.15. The van der Waals surface area contributed by atoms with Gasteiger partial charge >= 0.3 is 0 Å². The smallest absolute Gasteiger partial charge is 0.149 e. The normalized spacial score (nSPS) is 12.5. The molecule has 0 amide bonds. The first-order valence-corrected chi connectivity index (χ1v) is 6.83. The van der Waals surface area contributed by atoms with Crippen LogP contribution < -0.4 is 5.32 Å². The minimum atomic E-state index is -0.209. The van der Waals surface area contributed by atoms with E-state index in [4.69, 9.17) is 0 Å². The van der Waals surface area contributed by atoms with E-state index in [-0.39, 0.29) is 11.9 Å². The summed E-state index contributed by atoms with van der Waals surface area (Å²) in [4.78, 5) is 0. The number of aromatic nitrogens is 2. The molecule has 0 saturated heterocycles. The average molecular weight is 273 g/mol. The number of hydrogen-bond donors (Lipinski definition) is 1. The van der Waals surface area contributed by atoms with Crippen molar-refractivity contribution in [3.63, 3.8) is 0 Å². The molecule has 0 bridgehead atoms. The molecule has 0 unspecified atom stereocenters. The van der Waals surface area contributed by atoms with Crippen LogP contribution in [-0.2, 0) is 0 Å². The van der Waals surface area contributed by atoms with Gasteiger partial charge in [0.2, 0.25) is 0 Å². The fraction of sp³-hybridized carbons (Fsp3) is 0.375. The Morgan fingerprint density at radius 3 is 2.35 bits per heavy atom. The molecule has 1 aromatic heterocycles. The summed E-state index contributed by atoms with van der Waals surface area (Å²) in [5.74, 6) is 0.887. The first kappa shape index (κ1) is 14.4. The van der Waals surface area contributed by atoms with Crippen LogP contribution in [0.15, 0.2) is 30.3 Å². The maximum atomic E-state index is 13.1. The average Bonchev–Trinajstić information content (AvgIpc) is 2.39. The zero-order chi connectivity index (χ0) is 14.7. The molecule has 1 N–H and O–H groups in total. The highest BCUT2D eigenvalue weighted by Crippen LogP contribution is 2.22. The van der Waals surface area contributed by atoms with Gasteiger partial charge in [-0.3, -0.25) is 0 Å². The molecule has 3 nitrogen and oxygen atoms in total. The quantitative estimate of drug-likeness (QED) is 0.906. The summed E-state index contributed by atoms with van der Waals surface area (Å²) in [5.41, 5.74) is 2.96. The van der Waals surface area contributed by atoms with Gasteiger partial charge in [-0.15, -0.1) is 5.10 Å². The van der Waals surface area contributed by atoms with Crippen molar-refractivity contribution < 1.29 is 4.39 Å². The van der Waals surface area contributed by atoms with E-state index in [0.29, 0.717) is 5.92 Å². The van der Waals surface area contributed by atoms with Crippen LogP contribution in [0.1, 0.15) is 49.6 Å². The lowest BCUT2D eigenvalue weighted by atomic mass is 10.0. The summed E-state index contributed by atoms with van der Waals surface area (Å²) >= 11 is 0. The Balaban J connectivity index is 2.12. The number of anilines is 1. The van der Waals surface area contributed by atoms with Crippen molar-refractivity contribution in [2.24, 2.45) is 0 Å². The third-order valence-corrected chi connectivity index (χ3v) is 3.34. The van der Waals surface area contributed by atoms with Gasteiger partial charge in [-0.25, -0.2) is 4.39 Å². The van der Waals surface area contributed by atoms with Crippen LogP contribution in [0.4, 0.5) is 10.2 Å². The predicted molar refractivity (Wildman–Crippen MR) is 79.3 cm³/mol. The van der Waals surface area contributed by atoms with Gasteiger partial charge in [-0.2, -0.15) is 5.10 Å². The van der Waals surface area contributed by atoms with Crippen molar-refractivity contribution in [1.82, 2.24) is 10.2 Å². The molecule has 4 heteroatoms. The summed E-state index contributed by atoms with van der Waals surface area (Å²) in [5, 5.41) is 11.7. The number of hydrogen-bond acceptors (Lipinski definition) is 3. The molecule has 2 rings (SSSR count). The Hall–Kier alpha value is -1.97. The molecule has 0 spiro atoms. The lowest BCUT2D eigenvalue weighted by Gasteiger charge is -2.17. The number of nitrogens with zero attached hydrogens (tertiary/aromatic N) is 2. The molecule has 0 aliphatic carbocycles. The Morgan fingerprint density at radius 2 is 1.80 bits per heavy atom. The second-order valence-corrected chi connectivity index (χ2v) is 5.37. The number of halogens is 1. The lowest BCUT2D eigenvalue weighted by molar-refractivity contribution is 0.624. The molecule has 1 atom stereocenters. The molecular formula is C16H20FN3. The van der Waals surface area contributed by atoms with Crippen LogP contribution in [0.3, 0.4) is 0 Å². The number of rotatable bonds is 4. The second-order valence-electron chi connectivity index (χ2n) is 5.37. The van der Waals surface area contributed by atoms with Crippen LogP contribution >= 0.6 is 0 Å². The van der Waals surface area contributed by atoms with Crippen LogP contribution in [0.5, 0.6) is 0 Å². The third-order valence-electron chi connectivity index (χ3n) is 3.34. The summed E-state index contributed by atoms with van der Waals surface area (Å²) in [6, 6.07) is 8.78. The minimum Gasteiger partial charge on any atom is -0.362 e. The molecule has 0 aliphatic heterocycles. The molecule has 0 fully saturated rings. The first-order chi connectivity index (χ1) is 9.47. The molecular weight excluding hydrogens is 253 g/mol. The van der Waals surface area contributed by atoms with Crippen LogP contribution in [0, 0.1) is 12.7 Å². The SMILES string of the molecule is Cc1cc(F)ccc1[C@H](C)Nc1ccc(C(C)C)nn1. The molecule has 0 aliphatic rings. The van der Waals surface area contributed by atoms with Crippen LogP contribution in [-0.4, -0.2) is 10.2 Å². The van der Waals surface area contributed by atoms with Crippen molar-refractivity contribution in [3.05, 3.63) is 53.0 Å². The maximum Gasteiger partial charge on any atom is 0.149 e. The minimum absolute atomic E-state index is 0.0507. The Bertz CT molecular complexity index is 579. The number of aryl methyl sites for hydroxylation is 1. The van der Waals surface area contributed by atoms with Gasteiger partial charge in [0, 0.05) is 0 Å². The summed E-state index contributed by atoms with van der Waals surface area (Å²) < 4.78 is 13.1. The standard InChI is InChI=1S/C16H20FN3/c1-10(2)15-7-8-16(20-19-15)18-12(4)14-6-5-13(17)9-11(14)3/h5-10,12H,1-4H3,(H,18,20)/t12-/m0/s1. The lowest BCUT2D eigenvalue weighted by Crippen LogP contribution is -2.10. The topological polar surface area (TPSA) is 37.8 Å². The van der Waals surface area contributed by atoms with E-state index >= 15 is 0 Å². The highest BCUT2D eigenvalue weighted by atomic mass is 19.1. The molecule has 1 aromatic carbocycles. The zero-order valence-corrected chi connectivity index (χ0v) is 12.3. The third kappa shape index (κ3) is 3.32. The van der Waals surface area contributed by atoms with Crippen LogP contribution in [0.2, 0.25) is 0 Å². The van der Waals surface area contributed by atoms with E-state index in [1.807, 2.05) is 26.0 Å². The number of benzene rings is 1. The van der Waals surface area contributed by atoms with Crippen molar-refractivity contribution in [2.45, 2.75) is 39.7 Å². The van der Waals surface area contributed by atoms with E-state index in [0.717, 1.165) is 22.6 Å².